The summed E-state index contributed by atoms with van der Waals surface area (Å²) in [6, 6.07) is 0. The summed E-state index contributed by atoms with van der Waals surface area (Å²) in [7, 11) is 0. The van der Waals surface area contributed by atoms with Crippen LogP contribution in [0.5, 0.6) is 0 Å². The molecule has 90 valence electrons. The molecule has 0 fully saturated rings. The number of aliphatic hydroxyl groups is 1. The Balaban J connectivity index is 2.86. The van der Waals surface area contributed by atoms with Crippen LogP contribution in [0, 0.1) is 0 Å². The van der Waals surface area contributed by atoms with Gasteiger partial charge in [-0.3, -0.25) is 4.99 Å². The molecule has 1 aliphatic rings. The van der Waals surface area contributed by atoms with Crippen molar-refractivity contribution in [3.8, 4) is 0 Å². The van der Waals surface area contributed by atoms with Gasteiger partial charge < -0.3 is 9.84 Å². The van der Waals surface area contributed by atoms with E-state index in [1.54, 1.807) is 19.1 Å². The first kappa shape index (κ1) is 12.9. The van der Waals surface area contributed by atoms with Crippen molar-refractivity contribution in [3.05, 3.63) is 12.2 Å². The molecular formula is C12H19NO3. The van der Waals surface area contributed by atoms with Gasteiger partial charge in [0, 0.05) is 13.0 Å². The second kappa shape index (κ2) is 5.80. The molecule has 0 radical (unpaired) electrons. The Morgan fingerprint density at radius 1 is 1.69 bits per heavy atom. The summed E-state index contributed by atoms with van der Waals surface area (Å²) < 4.78 is 4.91. The second-order valence-electron chi connectivity index (χ2n) is 3.79. The Morgan fingerprint density at radius 2 is 2.44 bits per heavy atom. The van der Waals surface area contributed by atoms with Crippen LogP contribution in [0.2, 0.25) is 0 Å². The van der Waals surface area contributed by atoms with Gasteiger partial charge in [0.1, 0.15) is 0 Å². The summed E-state index contributed by atoms with van der Waals surface area (Å²) in [5.41, 5.74) is -0.997. The van der Waals surface area contributed by atoms with Crippen LogP contribution < -0.4 is 0 Å². The first-order chi connectivity index (χ1) is 7.65. The summed E-state index contributed by atoms with van der Waals surface area (Å²) in [6.07, 6.45) is 5.37. The third-order valence-corrected chi connectivity index (χ3v) is 2.61. The molecule has 0 aliphatic carbocycles. The van der Waals surface area contributed by atoms with E-state index >= 15 is 0 Å². The highest BCUT2D eigenvalue weighted by molar-refractivity contribution is 6.10. The minimum absolute atomic E-state index is 0.237. The summed E-state index contributed by atoms with van der Waals surface area (Å²) in [6.45, 7) is 4.53. The van der Waals surface area contributed by atoms with Gasteiger partial charge in [0.05, 0.1) is 12.3 Å². The van der Waals surface area contributed by atoms with E-state index in [0.717, 1.165) is 6.42 Å². The van der Waals surface area contributed by atoms with E-state index in [1.165, 1.54) is 0 Å². The number of allylic oxidation sites excluding steroid dienone is 1. The van der Waals surface area contributed by atoms with Crippen LogP contribution in [0.15, 0.2) is 17.1 Å². The molecule has 0 aromatic heterocycles. The average Bonchev–Trinajstić information content (AvgIpc) is 2.80. The van der Waals surface area contributed by atoms with Gasteiger partial charge in [0.2, 0.25) is 5.60 Å². The van der Waals surface area contributed by atoms with Gasteiger partial charge >= 0.3 is 5.97 Å². The van der Waals surface area contributed by atoms with Gasteiger partial charge in [-0.2, -0.15) is 0 Å². The molecule has 1 rings (SSSR count). The average molecular weight is 225 g/mol. The topological polar surface area (TPSA) is 58.9 Å². The molecule has 0 spiro atoms. The SMILES string of the molecule is C/C=C/C[C@@](O)(C(=O)OCC)C1=NCCC1. The first-order valence-corrected chi connectivity index (χ1v) is 5.69. The van der Waals surface area contributed by atoms with Crippen molar-refractivity contribution in [1.29, 1.82) is 0 Å². The zero-order valence-electron chi connectivity index (χ0n) is 9.90. The van der Waals surface area contributed by atoms with E-state index in [-0.39, 0.29) is 13.0 Å². The summed E-state index contributed by atoms with van der Waals surface area (Å²) in [4.78, 5) is 16.0. The van der Waals surface area contributed by atoms with Crippen molar-refractivity contribution in [2.45, 2.75) is 38.7 Å². The fourth-order valence-corrected chi connectivity index (χ4v) is 1.73. The zero-order chi connectivity index (χ0) is 12.0. The molecule has 0 aromatic carbocycles. The number of ether oxygens (including phenoxy) is 1. The van der Waals surface area contributed by atoms with Gasteiger partial charge in [-0.25, -0.2) is 4.79 Å². The number of carbonyl (C=O) groups is 1. The normalized spacial score (nSPS) is 19.6. The molecule has 0 bridgehead atoms. The Morgan fingerprint density at radius 3 is 2.94 bits per heavy atom. The number of hydrogen-bond acceptors (Lipinski definition) is 4. The van der Waals surface area contributed by atoms with E-state index in [0.29, 0.717) is 18.7 Å². The molecule has 1 aliphatic heterocycles. The van der Waals surface area contributed by atoms with Crippen LogP contribution >= 0.6 is 0 Å². The van der Waals surface area contributed by atoms with Crippen LogP contribution in [-0.4, -0.2) is 35.5 Å². The minimum Gasteiger partial charge on any atom is -0.464 e. The van der Waals surface area contributed by atoms with Crippen molar-refractivity contribution in [2.75, 3.05) is 13.2 Å². The lowest BCUT2D eigenvalue weighted by Crippen LogP contribution is -2.46. The molecule has 0 aromatic rings. The van der Waals surface area contributed by atoms with Gasteiger partial charge in [0.25, 0.3) is 0 Å². The Hall–Kier alpha value is -1.16. The summed E-state index contributed by atoms with van der Waals surface area (Å²) in [5.74, 6) is -0.589. The van der Waals surface area contributed by atoms with E-state index in [1.807, 2.05) is 6.92 Å². The molecule has 1 atom stereocenters. The van der Waals surface area contributed by atoms with Gasteiger partial charge in [0.15, 0.2) is 0 Å². The molecule has 4 heteroatoms. The monoisotopic (exact) mass is 225 g/mol. The smallest absolute Gasteiger partial charge is 0.344 e. The molecule has 0 saturated carbocycles. The predicted molar refractivity (Wildman–Crippen MR) is 62.5 cm³/mol. The van der Waals surface area contributed by atoms with Gasteiger partial charge in [-0.05, 0) is 26.7 Å². The quantitative estimate of drug-likeness (QED) is 0.569. The van der Waals surface area contributed by atoms with Crippen molar-refractivity contribution in [1.82, 2.24) is 0 Å². The highest BCUT2D eigenvalue weighted by Gasteiger charge is 2.42. The van der Waals surface area contributed by atoms with E-state index < -0.39 is 11.6 Å². The number of esters is 1. The lowest BCUT2D eigenvalue weighted by Gasteiger charge is -2.24. The fourth-order valence-electron chi connectivity index (χ4n) is 1.73. The minimum atomic E-state index is -1.56. The lowest BCUT2D eigenvalue weighted by atomic mass is 9.91. The maximum Gasteiger partial charge on any atom is 0.344 e. The fraction of sp³-hybridized carbons (Fsp3) is 0.667. The second-order valence-corrected chi connectivity index (χ2v) is 3.79. The van der Waals surface area contributed by atoms with Crippen LogP contribution in [-0.2, 0) is 9.53 Å². The standard InChI is InChI=1S/C12H19NO3/c1-3-5-8-12(15,11(14)16-4-2)10-7-6-9-13-10/h3,5,15H,4,6-9H2,1-2H3/b5-3+/t12-/m0/s1. The van der Waals surface area contributed by atoms with Crippen LogP contribution in [0.25, 0.3) is 0 Å². The number of aliphatic imine (C=N–C) groups is 1. The maximum absolute atomic E-state index is 11.8. The molecule has 0 saturated heterocycles. The van der Waals surface area contributed by atoms with Gasteiger partial charge in [-0.15, -0.1) is 0 Å². The largest absolute Gasteiger partial charge is 0.464 e. The van der Waals surface area contributed by atoms with Crippen molar-refractivity contribution in [3.63, 3.8) is 0 Å². The van der Waals surface area contributed by atoms with E-state index in [2.05, 4.69) is 4.99 Å². The van der Waals surface area contributed by atoms with Crippen LogP contribution in [0.4, 0.5) is 0 Å². The molecule has 0 unspecified atom stereocenters. The third kappa shape index (κ3) is 2.70. The van der Waals surface area contributed by atoms with Gasteiger partial charge in [-0.1, -0.05) is 12.2 Å². The Bertz CT molecular complexity index is 309. The molecule has 1 heterocycles. The Labute approximate surface area is 96.0 Å². The number of nitrogens with zero attached hydrogens (tertiary/aromatic N) is 1. The summed E-state index contributed by atoms with van der Waals surface area (Å²) >= 11 is 0. The Kier molecular flexibility index (Phi) is 4.68. The predicted octanol–water partition coefficient (Wildman–Crippen LogP) is 1.48. The number of carbonyl (C=O) groups excluding carboxylic acids is 1. The maximum atomic E-state index is 11.8. The molecule has 0 amide bonds. The zero-order valence-corrected chi connectivity index (χ0v) is 9.90. The molecule has 1 N–H and O–H groups in total. The highest BCUT2D eigenvalue weighted by atomic mass is 16.5. The third-order valence-electron chi connectivity index (χ3n) is 2.61. The highest BCUT2D eigenvalue weighted by Crippen LogP contribution is 2.22. The molecule has 16 heavy (non-hydrogen) atoms. The number of rotatable bonds is 5. The first-order valence-electron chi connectivity index (χ1n) is 5.69. The molecular weight excluding hydrogens is 206 g/mol. The van der Waals surface area contributed by atoms with Crippen molar-refractivity contribution in [2.24, 2.45) is 4.99 Å². The van der Waals surface area contributed by atoms with Crippen molar-refractivity contribution < 1.29 is 14.6 Å². The van der Waals surface area contributed by atoms with E-state index in [9.17, 15) is 9.90 Å². The van der Waals surface area contributed by atoms with E-state index in [4.69, 9.17) is 4.74 Å². The van der Waals surface area contributed by atoms with Crippen molar-refractivity contribution >= 4 is 11.7 Å². The lowest BCUT2D eigenvalue weighted by molar-refractivity contribution is -0.157. The van der Waals surface area contributed by atoms with Crippen LogP contribution in [0.1, 0.15) is 33.1 Å². The molecule has 4 nitrogen and oxygen atoms in total. The van der Waals surface area contributed by atoms with Crippen LogP contribution in [0.3, 0.4) is 0 Å². The summed E-state index contributed by atoms with van der Waals surface area (Å²) in [5, 5.41) is 10.4. The number of hydrogen-bond donors (Lipinski definition) is 1.